The standard InChI is InChI=1S/C11H13N3O3/c1-7-2-3-9(5-10(7)14(16)17)13-6-8(12)4-11(13)15/h2-3,5,8H,4,6,12H2,1H3. The van der Waals surface area contributed by atoms with Gasteiger partial charge in [-0.15, -0.1) is 0 Å². The zero-order valence-electron chi connectivity index (χ0n) is 9.42. The van der Waals surface area contributed by atoms with Gasteiger partial charge < -0.3 is 10.6 Å². The molecule has 0 bridgehead atoms. The number of anilines is 1. The SMILES string of the molecule is Cc1ccc(N2CC(N)CC2=O)cc1[N+](=O)[O-]. The van der Waals surface area contributed by atoms with Crippen LogP contribution in [-0.2, 0) is 4.79 Å². The van der Waals surface area contributed by atoms with Crippen LogP contribution in [0.2, 0.25) is 0 Å². The Morgan fingerprint density at radius 1 is 1.53 bits per heavy atom. The zero-order valence-corrected chi connectivity index (χ0v) is 9.42. The summed E-state index contributed by atoms with van der Waals surface area (Å²) in [4.78, 5) is 23.5. The highest BCUT2D eigenvalue weighted by atomic mass is 16.6. The maximum atomic E-state index is 11.6. The minimum atomic E-state index is -0.445. The molecule has 1 atom stereocenters. The van der Waals surface area contributed by atoms with Crippen molar-refractivity contribution in [2.45, 2.75) is 19.4 Å². The van der Waals surface area contributed by atoms with E-state index in [-0.39, 0.29) is 17.6 Å². The summed E-state index contributed by atoms with van der Waals surface area (Å²) in [6, 6.07) is 4.58. The van der Waals surface area contributed by atoms with Gasteiger partial charge in [0, 0.05) is 30.6 Å². The number of hydrogen-bond acceptors (Lipinski definition) is 4. The lowest BCUT2D eigenvalue weighted by molar-refractivity contribution is -0.385. The lowest BCUT2D eigenvalue weighted by Crippen LogP contribution is -2.27. The van der Waals surface area contributed by atoms with Gasteiger partial charge in [-0.2, -0.15) is 0 Å². The van der Waals surface area contributed by atoms with E-state index in [9.17, 15) is 14.9 Å². The summed E-state index contributed by atoms with van der Waals surface area (Å²) in [5.41, 5.74) is 6.83. The van der Waals surface area contributed by atoms with Crippen LogP contribution in [0.4, 0.5) is 11.4 Å². The van der Waals surface area contributed by atoms with Gasteiger partial charge in [0.2, 0.25) is 5.91 Å². The smallest absolute Gasteiger partial charge is 0.274 e. The maximum Gasteiger partial charge on any atom is 0.274 e. The van der Waals surface area contributed by atoms with E-state index in [1.807, 2.05) is 0 Å². The Kier molecular flexibility index (Phi) is 2.81. The summed E-state index contributed by atoms with van der Waals surface area (Å²) in [7, 11) is 0. The van der Waals surface area contributed by atoms with Crippen molar-refractivity contribution in [1.82, 2.24) is 0 Å². The van der Waals surface area contributed by atoms with Crippen molar-refractivity contribution in [1.29, 1.82) is 0 Å². The first kappa shape index (κ1) is 11.5. The predicted octanol–water partition coefficient (Wildman–Crippen LogP) is 0.967. The Morgan fingerprint density at radius 2 is 2.24 bits per heavy atom. The van der Waals surface area contributed by atoms with E-state index in [1.54, 1.807) is 19.1 Å². The van der Waals surface area contributed by atoms with Crippen LogP contribution in [0.25, 0.3) is 0 Å². The summed E-state index contributed by atoms with van der Waals surface area (Å²) in [5, 5.41) is 10.8. The number of nitrogens with zero attached hydrogens (tertiary/aromatic N) is 2. The van der Waals surface area contributed by atoms with Crippen LogP contribution >= 0.6 is 0 Å². The number of nitrogens with two attached hydrogens (primary N) is 1. The van der Waals surface area contributed by atoms with Crippen molar-refractivity contribution >= 4 is 17.3 Å². The minimum Gasteiger partial charge on any atom is -0.326 e. The molecule has 17 heavy (non-hydrogen) atoms. The van der Waals surface area contributed by atoms with E-state index >= 15 is 0 Å². The van der Waals surface area contributed by atoms with Gasteiger partial charge in [-0.1, -0.05) is 6.07 Å². The van der Waals surface area contributed by atoms with Crippen LogP contribution in [0.3, 0.4) is 0 Å². The molecule has 6 nitrogen and oxygen atoms in total. The highest BCUT2D eigenvalue weighted by molar-refractivity contribution is 5.96. The van der Waals surface area contributed by atoms with Crippen LogP contribution in [0.5, 0.6) is 0 Å². The molecule has 1 saturated heterocycles. The molecule has 1 unspecified atom stereocenters. The molecule has 0 spiro atoms. The molecule has 6 heteroatoms. The maximum absolute atomic E-state index is 11.6. The van der Waals surface area contributed by atoms with Gasteiger partial charge in [-0.3, -0.25) is 14.9 Å². The van der Waals surface area contributed by atoms with Crippen molar-refractivity contribution in [2.75, 3.05) is 11.4 Å². The van der Waals surface area contributed by atoms with Gasteiger partial charge in [0.15, 0.2) is 0 Å². The fourth-order valence-electron chi connectivity index (χ4n) is 1.95. The summed E-state index contributed by atoms with van der Waals surface area (Å²) in [6.45, 7) is 2.08. The van der Waals surface area contributed by atoms with Gasteiger partial charge in [-0.25, -0.2) is 0 Å². The Labute approximate surface area is 98.2 Å². The van der Waals surface area contributed by atoms with Crippen LogP contribution in [0, 0.1) is 17.0 Å². The third-order valence-corrected chi connectivity index (χ3v) is 2.86. The Bertz CT molecular complexity index is 487. The number of amides is 1. The van der Waals surface area contributed by atoms with Gasteiger partial charge in [0.25, 0.3) is 5.69 Å². The molecule has 1 aromatic carbocycles. The van der Waals surface area contributed by atoms with Crippen molar-refractivity contribution in [2.24, 2.45) is 5.73 Å². The summed E-state index contributed by atoms with van der Waals surface area (Å²) >= 11 is 0. The average molecular weight is 235 g/mol. The largest absolute Gasteiger partial charge is 0.326 e. The van der Waals surface area contributed by atoms with E-state index in [2.05, 4.69) is 0 Å². The fraction of sp³-hybridized carbons (Fsp3) is 0.364. The Hall–Kier alpha value is -1.95. The topological polar surface area (TPSA) is 89.5 Å². The first-order chi connectivity index (χ1) is 7.99. The molecular formula is C11H13N3O3. The monoisotopic (exact) mass is 235 g/mol. The lowest BCUT2D eigenvalue weighted by Gasteiger charge is -2.16. The first-order valence-electron chi connectivity index (χ1n) is 5.30. The molecule has 1 heterocycles. The molecule has 1 aliphatic rings. The van der Waals surface area contributed by atoms with E-state index in [4.69, 9.17) is 5.73 Å². The lowest BCUT2D eigenvalue weighted by atomic mass is 10.2. The molecule has 0 aromatic heterocycles. The second kappa shape index (κ2) is 4.14. The molecule has 1 amide bonds. The number of carbonyl (C=O) groups excluding carboxylic acids is 1. The summed E-state index contributed by atoms with van der Waals surface area (Å²) in [6.07, 6.45) is 0.293. The predicted molar refractivity (Wildman–Crippen MR) is 62.8 cm³/mol. The Balaban J connectivity index is 2.37. The molecular weight excluding hydrogens is 222 g/mol. The fourth-order valence-corrected chi connectivity index (χ4v) is 1.95. The normalized spacial score (nSPS) is 19.8. The van der Waals surface area contributed by atoms with E-state index in [0.29, 0.717) is 24.2 Å². The third kappa shape index (κ3) is 2.12. The van der Waals surface area contributed by atoms with E-state index in [1.165, 1.54) is 11.0 Å². The molecule has 1 fully saturated rings. The number of aryl methyl sites for hydroxylation is 1. The molecule has 90 valence electrons. The van der Waals surface area contributed by atoms with Crippen molar-refractivity contribution in [3.05, 3.63) is 33.9 Å². The number of hydrogen-bond donors (Lipinski definition) is 1. The number of nitro groups is 1. The number of benzene rings is 1. The van der Waals surface area contributed by atoms with Crippen LogP contribution in [-0.4, -0.2) is 23.4 Å². The second-order valence-electron chi connectivity index (χ2n) is 4.20. The number of carbonyl (C=O) groups is 1. The van der Waals surface area contributed by atoms with Gasteiger partial charge in [-0.05, 0) is 13.0 Å². The Morgan fingerprint density at radius 3 is 2.76 bits per heavy atom. The highest BCUT2D eigenvalue weighted by Crippen LogP contribution is 2.27. The summed E-state index contributed by atoms with van der Waals surface area (Å²) in [5.74, 6) is -0.0874. The van der Waals surface area contributed by atoms with Gasteiger partial charge >= 0.3 is 0 Å². The van der Waals surface area contributed by atoms with Gasteiger partial charge in [0.05, 0.1) is 10.6 Å². The molecule has 0 radical (unpaired) electrons. The number of rotatable bonds is 2. The zero-order chi connectivity index (χ0) is 12.6. The molecule has 1 aliphatic heterocycles. The summed E-state index contributed by atoms with van der Waals surface area (Å²) < 4.78 is 0. The quantitative estimate of drug-likeness (QED) is 0.610. The molecule has 2 rings (SSSR count). The highest BCUT2D eigenvalue weighted by Gasteiger charge is 2.29. The van der Waals surface area contributed by atoms with Crippen molar-refractivity contribution in [3.63, 3.8) is 0 Å². The molecule has 0 saturated carbocycles. The van der Waals surface area contributed by atoms with Crippen molar-refractivity contribution in [3.8, 4) is 0 Å². The average Bonchev–Trinajstić information content (AvgIpc) is 2.58. The first-order valence-corrected chi connectivity index (χ1v) is 5.30. The van der Waals surface area contributed by atoms with Crippen LogP contribution < -0.4 is 10.6 Å². The number of nitro benzene ring substituents is 1. The third-order valence-electron chi connectivity index (χ3n) is 2.86. The van der Waals surface area contributed by atoms with E-state index < -0.39 is 4.92 Å². The van der Waals surface area contributed by atoms with Crippen LogP contribution in [0.15, 0.2) is 18.2 Å². The minimum absolute atomic E-state index is 0.0239. The van der Waals surface area contributed by atoms with Crippen LogP contribution in [0.1, 0.15) is 12.0 Å². The van der Waals surface area contributed by atoms with Crippen molar-refractivity contribution < 1.29 is 9.72 Å². The van der Waals surface area contributed by atoms with E-state index in [0.717, 1.165) is 0 Å². The second-order valence-corrected chi connectivity index (χ2v) is 4.20. The van der Waals surface area contributed by atoms with Gasteiger partial charge in [0.1, 0.15) is 0 Å². The molecule has 0 aliphatic carbocycles. The molecule has 2 N–H and O–H groups in total. The molecule has 1 aromatic rings.